The summed E-state index contributed by atoms with van der Waals surface area (Å²) >= 11 is 6.50. The number of rotatable bonds is 4. The van der Waals surface area contributed by atoms with E-state index in [4.69, 9.17) is 16.1 Å². The first-order valence-electron chi connectivity index (χ1n) is 9.53. The third kappa shape index (κ3) is 3.80. The molecule has 4 rings (SSSR count). The van der Waals surface area contributed by atoms with Gasteiger partial charge in [0.1, 0.15) is 11.4 Å². The van der Waals surface area contributed by atoms with Crippen molar-refractivity contribution in [2.75, 3.05) is 6.54 Å². The number of carbonyl (C=O) groups excluding carboxylic acids is 1. The number of amides is 1. The number of hydrogen-bond donors (Lipinski definition) is 0. The zero-order valence-corrected chi connectivity index (χ0v) is 16.5. The molecule has 0 spiro atoms. The third-order valence-corrected chi connectivity index (χ3v) is 5.57. The van der Waals surface area contributed by atoms with Crippen LogP contribution in [0, 0.1) is 6.92 Å². The first kappa shape index (κ1) is 18.7. The molecule has 6 heteroatoms. The van der Waals surface area contributed by atoms with Crippen molar-refractivity contribution in [1.29, 1.82) is 0 Å². The molecule has 0 saturated carbocycles. The van der Waals surface area contributed by atoms with Gasteiger partial charge in [0.15, 0.2) is 0 Å². The van der Waals surface area contributed by atoms with E-state index in [9.17, 15) is 4.79 Å². The van der Waals surface area contributed by atoms with E-state index in [1.807, 2.05) is 61.5 Å². The molecule has 0 aliphatic carbocycles. The molecule has 2 heterocycles. The molecule has 2 unspecified atom stereocenters. The molecular formula is C22H22ClN3O2. The minimum Gasteiger partial charge on any atom is -0.337 e. The van der Waals surface area contributed by atoms with Gasteiger partial charge in [-0.25, -0.2) is 0 Å². The minimum absolute atomic E-state index is 0.118. The lowest BCUT2D eigenvalue weighted by Crippen LogP contribution is -2.40. The van der Waals surface area contributed by atoms with Crippen LogP contribution in [-0.2, 0) is 4.79 Å². The summed E-state index contributed by atoms with van der Waals surface area (Å²) in [6.07, 6.45) is 2.74. The molecule has 1 aliphatic rings. The Bertz CT molecular complexity index is 940. The number of likely N-dealkylation sites (tertiary alicyclic amines) is 1. The van der Waals surface area contributed by atoms with Crippen LogP contribution in [0.3, 0.4) is 0 Å². The number of alkyl halides is 1. The average molecular weight is 396 g/mol. The molecule has 2 aromatic carbocycles. The van der Waals surface area contributed by atoms with Gasteiger partial charge in [-0.2, -0.15) is 4.98 Å². The van der Waals surface area contributed by atoms with E-state index in [2.05, 4.69) is 10.1 Å². The van der Waals surface area contributed by atoms with Crippen LogP contribution in [0.1, 0.15) is 47.7 Å². The molecule has 0 radical (unpaired) electrons. The molecule has 2 atom stereocenters. The average Bonchev–Trinajstić information content (AvgIpc) is 3.24. The molecule has 1 aromatic heterocycles. The predicted molar refractivity (Wildman–Crippen MR) is 108 cm³/mol. The second-order valence-electron chi connectivity index (χ2n) is 7.14. The highest BCUT2D eigenvalue weighted by molar-refractivity contribution is 6.30. The summed E-state index contributed by atoms with van der Waals surface area (Å²) < 4.78 is 5.56. The Morgan fingerprint density at radius 2 is 1.89 bits per heavy atom. The van der Waals surface area contributed by atoms with Crippen molar-refractivity contribution >= 4 is 17.5 Å². The molecule has 3 aromatic rings. The maximum absolute atomic E-state index is 13.1. The van der Waals surface area contributed by atoms with E-state index in [0.29, 0.717) is 18.3 Å². The molecular weight excluding hydrogens is 374 g/mol. The predicted octanol–water partition coefficient (Wildman–Crippen LogP) is 5.08. The van der Waals surface area contributed by atoms with Gasteiger partial charge in [-0.1, -0.05) is 65.3 Å². The van der Waals surface area contributed by atoms with Gasteiger partial charge in [0.25, 0.3) is 0 Å². The molecule has 144 valence electrons. The van der Waals surface area contributed by atoms with E-state index in [1.54, 1.807) is 4.90 Å². The van der Waals surface area contributed by atoms with Gasteiger partial charge in [0.05, 0.1) is 0 Å². The summed E-state index contributed by atoms with van der Waals surface area (Å²) in [5.74, 6) is 0.895. The van der Waals surface area contributed by atoms with Crippen LogP contribution in [0.4, 0.5) is 0 Å². The summed E-state index contributed by atoms with van der Waals surface area (Å²) in [5, 5.41) is 3.41. The number of aromatic nitrogens is 2. The highest BCUT2D eigenvalue weighted by atomic mass is 35.5. The number of aryl methyl sites for hydroxylation is 1. The third-order valence-electron chi connectivity index (χ3n) is 5.13. The maximum atomic E-state index is 13.1. The highest BCUT2D eigenvalue weighted by Gasteiger charge is 2.35. The fraction of sp³-hybridized carbons (Fsp3) is 0.318. The van der Waals surface area contributed by atoms with Gasteiger partial charge in [-0.15, -0.1) is 11.6 Å². The molecule has 5 nitrogen and oxygen atoms in total. The summed E-state index contributed by atoms with van der Waals surface area (Å²) in [4.78, 5) is 19.5. The second kappa shape index (κ2) is 8.15. The summed E-state index contributed by atoms with van der Waals surface area (Å²) in [6, 6.07) is 17.2. The fourth-order valence-corrected chi connectivity index (χ4v) is 3.82. The molecule has 28 heavy (non-hydrogen) atoms. The van der Waals surface area contributed by atoms with E-state index >= 15 is 0 Å². The van der Waals surface area contributed by atoms with Crippen molar-refractivity contribution < 1.29 is 9.32 Å². The van der Waals surface area contributed by atoms with Crippen molar-refractivity contribution in [1.82, 2.24) is 15.0 Å². The smallest absolute Gasteiger partial charge is 0.249 e. The number of benzene rings is 2. The van der Waals surface area contributed by atoms with E-state index in [1.165, 1.54) is 5.56 Å². The van der Waals surface area contributed by atoms with Crippen LogP contribution < -0.4 is 0 Å². The lowest BCUT2D eigenvalue weighted by atomic mass is 10.0. The Morgan fingerprint density at radius 3 is 2.64 bits per heavy atom. The monoisotopic (exact) mass is 395 g/mol. The van der Waals surface area contributed by atoms with Crippen molar-refractivity contribution in [3.05, 3.63) is 71.6 Å². The first-order chi connectivity index (χ1) is 13.6. The molecule has 0 bridgehead atoms. The summed E-state index contributed by atoms with van der Waals surface area (Å²) in [7, 11) is 0. The van der Waals surface area contributed by atoms with Crippen molar-refractivity contribution in [2.45, 2.75) is 37.6 Å². The number of hydrogen-bond acceptors (Lipinski definition) is 4. The van der Waals surface area contributed by atoms with Gasteiger partial charge in [0, 0.05) is 12.1 Å². The molecule has 0 N–H and O–H groups in total. The van der Waals surface area contributed by atoms with Crippen LogP contribution in [0.25, 0.3) is 11.4 Å². The van der Waals surface area contributed by atoms with Crippen LogP contribution >= 0.6 is 11.6 Å². The van der Waals surface area contributed by atoms with Gasteiger partial charge in [-0.3, -0.25) is 4.79 Å². The summed E-state index contributed by atoms with van der Waals surface area (Å²) in [5.41, 5.74) is 2.86. The number of carbonyl (C=O) groups is 1. The van der Waals surface area contributed by atoms with Crippen molar-refractivity contribution in [3.63, 3.8) is 0 Å². The largest absolute Gasteiger partial charge is 0.337 e. The molecule has 1 fully saturated rings. The van der Waals surface area contributed by atoms with Crippen LogP contribution in [0.2, 0.25) is 0 Å². The molecule has 1 aliphatic heterocycles. The van der Waals surface area contributed by atoms with Gasteiger partial charge in [-0.05, 0) is 31.7 Å². The standard InChI is InChI=1S/C22H22ClN3O2/c1-15-10-12-17(13-11-15)20-24-21(28-25-20)18-9-5-6-14-26(18)22(27)19(23)16-7-3-2-4-8-16/h2-4,7-8,10-13,18-19H,5-6,9,14H2,1H3. The maximum Gasteiger partial charge on any atom is 0.249 e. The zero-order chi connectivity index (χ0) is 19.5. The number of piperidine rings is 1. The Morgan fingerprint density at radius 1 is 1.14 bits per heavy atom. The molecule has 1 saturated heterocycles. The number of nitrogens with zero attached hydrogens (tertiary/aromatic N) is 3. The Labute approximate surface area is 169 Å². The van der Waals surface area contributed by atoms with E-state index in [0.717, 1.165) is 30.4 Å². The first-order valence-corrected chi connectivity index (χ1v) is 9.97. The quantitative estimate of drug-likeness (QED) is 0.578. The Balaban J connectivity index is 1.57. The Kier molecular flexibility index (Phi) is 5.44. The highest BCUT2D eigenvalue weighted by Crippen LogP contribution is 2.35. The van der Waals surface area contributed by atoms with Crippen molar-refractivity contribution in [3.8, 4) is 11.4 Å². The van der Waals surface area contributed by atoms with Gasteiger partial charge < -0.3 is 9.42 Å². The fourth-order valence-electron chi connectivity index (χ4n) is 3.55. The Hall–Kier alpha value is -2.66. The van der Waals surface area contributed by atoms with Crippen LogP contribution in [0.15, 0.2) is 59.1 Å². The normalized spacial score (nSPS) is 18.1. The second-order valence-corrected chi connectivity index (χ2v) is 7.58. The van der Waals surface area contributed by atoms with Crippen LogP contribution in [-0.4, -0.2) is 27.5 Å². The lowest BCUT2D eigenvalue weighted by Gasteiger charge is -2.34. The van der Waals surface area contributed by atoms with E-state index < -0.39 is 5.38 Å². The molecule has 1 amide bonds. The summed E-state index contributed by atoms with van der Waals surface area (Å²) in [6.45, 7) is 2.67. The van der Waals surface area contributed by atoms with Gasteiger partial charge >= 0.3 is 0 Å². The zero-order valence-electron chi connectivity index (χ0n) is 15.7. The number of halogens is 1. The van der Waals surface area contributed by atoms with Crippen LogP contribution in [0.5, 0.6) is 0 Å². The van der Waals surface area contributed by atoms with Crippen molar-refractivity contribution in [2.24, 2.45) is 0 Å². The minimum atomic E-state index is -0.721. The SMILES string of the molecule is Cc1ccc(-c2noc(C3CCCCN3C(=O)C(Cl)c3ccccc3)n2)cc1. The van der Waals surface area contributed by atoms with E-state index in [-0.39, 0.29) is 11.9 Å². The topological polar surface area (TPSA) is 59.2 Å². The lowest BCUT2D eigenvalue weighted by molar-refractivity contribution is -0.135. The van der Waals surface area contributed by atoms with Gasteiger partial charge in [0.2, 0.25) is 17.6 Å².